The van der Waals surface area contributed by atoms with Crippen molar-refractivity contribution in [3.05, 3.63) is 87.1 Å². The van der Waals surface area contributed by atoms with Crippen LogP contribution in [0.3, 0.4) is 0 Å². The minimum Gasteiger partial charge on any atom is -0.358 e. The molecule has 4 rings (SSSR count). The smallest absolute Gasteiger partial charge is 0.358 e. The van der Waals surface area contributed by atoms with Crippen molar-refractivity contribution in [3.63, 3.8) is 0 Å². The number of imide groups is 1. The molecule has 2 aromatic carbocycles. The molecule has 2 heterocycles. The molecule has 1 N–H and O–H groups in total. The number of rotatable bonds is 6. The summed E-state index contributed by atoms with van der Waals surface area (Å²) in [5, 5.41) is 17.4. The summed E-state index contributed by atoms with van der Waals surface area (Å²) in [7, 11) is 0. The number of nitrogens with one attached hydrogen (secondary N) is 1. The van der Waals surface area contributed by atoms with Crippen LogP contribution >= 0.6 is 0 Å². The van der Waals surface area contributed by atoms with Crippen LogP contribution in [0.15, 0.2) is 54.6 Å². The molecule has 31 heavy (non-hydrogen) atoms. The summed E-state index contributed by atoms with van der Waals surface area (Å²) in [6.45, 7) is 2.13. The number of fused-ring (bicyclic) bond motifs is 1. The molecule has 1 aliphatic heterocycles. The first-order valence-electron chi connectivity index (χ1n) is 9.42. The highest BCUT2D eigenvalue weighted by molar-refractivity contribution is 6.34. The Balaban J connectivity index is 1.45. The molecule has 156 valence electrons. The van der Waals surface area contributed by atoms with E-state index in [-0.39, 0.29) is 24.5 Å². The van der Waals surface area contributed by atoms with Gasteiger partial charge in [-0.15, -0.1) is 0 Å². The van der Waals surface area contributed by atoms with E-state index in [0.717, 1.165) is 4.90 Å². The number of carbonyl (C=O) groups excluding carboxylic acids is 3. The predicted octanol–water partition coefficient (Wildman–Crippen LogP) is 2.33. The lowest BCUT2D eigenvalue weighted by Crippen LogP contribution is -2.30. The third kappa shape index (κ3) is 3.66. The van der Waals surface area contributed by atoms with Crippen LogP contribution in [0.25, 0.3) is 0 Å². The second kappa shape index (κ2) is 7.82. The predicted molar refractivity (Wildman–Crippen MR) is 110 cm³/mol. The van der Waals surface area contributed by atoms with Gasteiger partial charge in [-0.1, -0.05) is 18.2 Å². The van der Waals surface area contributed by atoms with Crippen LogP contribution in [-0.4, -0.2) is 39.0 Å². The highest BCUT2D eigenvalue weighted by Gasteiger charge is 2.36. The molecule has 1 aliphatic rings. The van der Waals surface area contributed by atoms with Gasteiger partial charge in [0.25, 0.3) is 17.7 Å². The Bertz CT molecular complexity index is 1200. The maximum atomic E-state index is 12.6. The van der Waals surface area contributed by atoms with E-state index in [2.05, 4.69) is 10.4 Å². The van der Waals surface area contributed by atoms with Crippen molar-refractivity contribution in [2.24, 2.45) is 0 Å². The van der Waals surface area contributed by atoms with Crippen LogP contribution in [0.1, 0.15) is 36.8 Å². The van der Waals surface area contributed by atoms with Crippen LogP contribution in [0.4, 0.5) is 11.5 Å². The molecule has 0 saturated heterocycles. The summed E-state index contributed by atoms with van der Waals surface area (Å²) in [6, 6.07) is 14.1. The number of amides is 3. The summed E-state index contributed by atoms with van der Waals surface area (Å²) in [6.07, 6.45) is 0. The molecule has 3 amide bonds. The second-order valence-corrected chi connectivity index (χ2v) is 6.92. The zero-order valence-corrected chi connectivity index (χ0v) is 16.4. The van der Waals surface area contributed by atoms with Crippen molar-refractivity contribution in [1.29, 1.82) is 0 Å². The van der Waals surface area contributed by atoms with Crippen LogP contribution in [0.5, 0.6) is 0 Å². The number of carbonyl (C=O) groups is 3. The number of nitro groups is 1. The van der Waals surface area contributed by atoms with E-state index < -0.39 is 22.6 Å². The van der Waals surface area contributed by atoms with Crippen LogP contribution in [-0.2, 0) is 6.54 Å². The summed E-state index contributed by atoms with van der Waals surface area (Å²) in [5.41, 5.74) is 1.83. The van der Waals surface area contributed by atoms with Crippen molar-refractivity contribution in [2.75, 3.05) is 11.4 Å². The Kier molecular flexibility index (Phi) is 5.04. The van der Waals surface area contributed by atoms with Gasteiger partial charge in [0, 0.05) is 12.1 Å². The Morgan fingerprint density at radius 2 is 1.74 bits per heavy atom. The maximum Gasteiger partial charge on any atom is 0.390 e. The number of hydrogen-bond acceptors (Lipinski definition) is 6. The van der Waals surface area contributed by atoms with E-state index in [4.69, 9.17) is 0 Å². The molecule has 3 aromatic rings. The maximum absolute atomic E-state index is 12.6. The fraction of sp³-hybridized carbons (Fsp3) is 0.143. The minimum absolute atomic E-state index is 0.190. The second-order valence-electron chi connectivity index (χ2n) is 6.92. The van der Waals surface area contributed by atoms with E-state index in [9.17, 15) is 24.5 Å². The van der Waals surface area contributed by atoms with Crippen molar-refractivity contribution in [3.8, 4) is 0 Å². The Hall–Kier alpha value is -4.34. The molecule has 10 nitrogen and oxygen atoms in total. The summed E-state index contributed by atoms with van der Waals surface area (Å²) >= 11 is 0. The molecule has 10 heteroatoms. The number of benzene rings is 2. The summed E-state index contributed by atoms with van der Waals surface area (Å²) in [5.74, 6) is -1.53. The molecule has 0 unspecified atom stereocenters. The first-order valence-corrected chi connectivity index (χ1v) is 9.42. The third-order valence-corrected chi connectivity index (χ3v) is 4.93. The zero-order chi connectivity index (χ0) is 22.1. The topological polar surface area (TPSA) is 127 Å². The van der Waals surface area contributed by atoms with Crippen LogP contribution in [0.2, 0.25) is 0 Å². The van der Waals surface area contributed by atoms with E-state index in [1.165, 1.54) is 16.8 Å². The Morgan fingerprint density at radius 1 is 1.06 bits per heavy atom. The van der Waals surface area contributed by atoms with Gasteiger partial charge in [-0.05, 0) is 42.2 Å². The molecule has 0 saturated carbocycles. The Morgan fingerprint density at radius 3 is 2.35 bits per heavy atom. The molecule has 0 aliphatic carbocycles. The van der Waals surface area contributed by atoms with Crippen molar-refractivity contribution >= 4 is 29.2 Å². The molecule has 0 spiro atoms. The average Bonchev–Trinajstić information content (AvgIpc) is 3.26. The van der Waals surface area contributed by atoms with Crippen LogP contribution in [0, 0.1) is 17.0 Å². The lowest BCUT2D eigenvalue weighted by atomic mass is 10.1. The lowest BCUT2D eigenvalue weighted by molar-refractivity contribution is -0.389. The average molecular weight is 419 g/mol. The SMILES string of the molecule is Cc1cc([N+](=O)[O-])nn1CCNC(=O)c1cccc(N2C(=O)c3ccccc3C2=O)c1. The molecule has 0 atom stereocenters. The first kappa shape index (κ1) is 20.0. The fourth-order valence-electron chi connectivity index (χ4n) is 3.40. The van der Waals surface area contributed by atoms with Gasteiger partial charge >= 0.3 is 5.82 Å². The van der Waals surface area contributed by atoms with Crippen molar-refractivity contribution in [2.45, 2.75) is 13.5 Å². The normalized spacial score (nSPS) is 12.7. The van der Waals surface area contributed by atoms with Gasteiger partial charge in [0.2, 0.25) is 0 Å². The largest absolute Gasteiger partial charge is 0.390 e. The quantitative estimate of drug-likeness (QED) is 0.371. The number of aromatic nitrogens is 2. The third-order valence-electron chi connectivity index (χ3n) is 4.93. The van der Waals surface area contributed by atoms with Crippen molar-refractivity contribution in [1.82, 2.24) is 15.1 Å². The van der Waals surface area contributed by atoms with Crippen molar-refractivity contribution < 1.29 is 19.3 Å². The monoisotopic (exact) mass is 419 g/mol. The van der Waals surface area contributed by atoms with E-state index in [1.807, 2.05) is 0 Å². The number of anilines is 1. The molecular formula is C21H17N5O5. The van der Waals surface area contributed by atoms with Gasteiger partial charge in [-0.3, -0.25) is 14.4 Å². The van der Waals surface area contributed by atoms with E-state index in [0.29, 0.717) is 22.5 Å². The highest BCUT2D eigenvalue weighted by atomic mass is 16.6. The Labute approximate surface area is 176 Å². The fourth-order valence-corrected chi connectivity index (χ4v) is 3.40. The van der Waals surface area contributed by atoms with Crippen LogP contribution < -0.4 is 10.2 Å². The molecular weight excluding hydrogens is 402 g/mol. The number of aryl methyl sites for hydroxylation is 1. The lowest BCUT2D eigenvalue weighted by Gasteiger charge is -2.15. The van der Waals surface area contributed by atoms with Gasteiger partial charge < -0.3 is 15.4 Å². The standard InChI is InChI=1S/C21H17N5O5/c1-13-11-18(26(30)31)23-24(13)10-9-22-19(27)14-5-4-6-15(12-14)25-20(28)16-7-2-3-8-17(16)21(25)29/h2-8,11-12H,9-10H2,1H3,(H,22,27). The van der Waals surface area contributed by atoms with E-state index >= 15 is 0 Å². The minimum atomic E-state index is -0.577. The summed E-state index contributed by atoms with van der Waals surface area (Å²) < 4.78 is 1.44. The first-order chi connectivity index (χ1) is 14.9. The number of nitrogens with zero attached hydrogens (tertiary/aromatic N) is 4. The van der Waals surface area contributed by atoms with Gasteiger partial charge in [-0.25, -0.2) is 4.90 Å². The molecule has 1 aromatic heterocycles. The van der Waals surface area contributed by atoms with E-state index in [1.54, 1.807) is 49.4 Å². The van der Waals surface area contributed by atoms with Gasteiger partial charge in [-0.2, -0.15) is 4.68 Å². The van der Waals surface area contributed by atoms with Gasteiger partial charge in [0.15, 0.2) is 0 Å². The highest BCUT2D eigenvalue weighted by Crippen LogP contribution is 2.28. The molecule has 0 radical (unpaired) electrons. The van der Waals surface area contributed by atoms with Gasteiger partial charge in [0.05, 0.1) is 40.2 Å². The number of hydrogen-bond donors (Lipinski definition) is 1. The van der Waals surface area contributed by atoms with Gasteiger partial charge in [0.1, 0.15) is 0 Å². The summed E-state index contributed by atoms with van der Waals surface area (Å²) in [4.78, 5) is 49.1. The molecule has 0 fully saturated rings. The zero-order valence-electron chi connectivity index (χ0n) is 16.4. The molecule has 0 bridgehead atoms.